The van der Waals surface area contributed by atoms with Gasteiger partial charge >= 0.3 is 6.03 Å². The summed E-state index contributed by atoms with van der Waals surface area (Å²) in [6, 6.07) is 10.2. The topological polar surface area (TPSA) is 109 Å². The molecule has 7 nitrogen and oxygen atoms in total. The number of hydrogen-bond donors (Lipinski definition) is 4. The lowest BCUT2D eigenvalue weighted by molar-refractivity contribution is -0.123. The molecule has 0 saturated heterocycles. The normalized spacial score (nSPS) is 12.2. The van der Waals surface area contributed by atoms with Gasteiger partial charge in [0.05, 0.1) is 6.04 Å². The summed E-state index contributed by atoms with van der Waals surface area (Å²) in [5.74, 6) is -0.0418. The molecule has 3 amide bonds. The number of benzene rings is 1. The number of pyridine rings is 1. The number of nitrogens with two attached hydrogens (primary N) is 1. The summed E-state index contributed by atoms with van der Waals surface area (Å²) < 4.78 is 0. The Labute approximate surface area is 171 Å². The highest BCUT2D eigenvalue weighted by atomic mass is 35.5. The van der Waals surface area contributed by atoms with Crippen LogP contribution < -0.4 is 21.7 Å². The van der Waals surface area contributed by atoms with Crippen LogP contribution >= 0.6 is 12.4 Å². The van der Waals surface area contributed by atoms with E-state index >= 15 is 0 Å². The van der Waals surface area contributed by atoms with Gasteiger partial charge in [-0.2, -0.15) is 0 Å². The van der Waals surface area contributed by atoms with E-state index in [1.165, 1.54) is 0 Å². The van der Waals surface area contributed by atoms with Crippen LogP contribution in [0.5, 0.6) is 0 Å². The number of rotatable bonds is 8. The second kappa shape index (κ2) is 11.9. The molecule has 1 aromatic carbocycles. The van der Waals surface area contributed by atoms with Gasteiger partial charge in [0.15, 0.2) is 0 Å². The van der Waals surface area contributed by atoms with E-state index in [1.54, 1.807) is 18.5 Å². The highest BCUT2D eigenvalue weighted by Gasteiger charge is 2.18. The third kappa shape index (κ3) is 7.54. The number of carbonyl (C=O) groups is 2. The van der Waals surface area contributed by atoms with E-state index in [0.717, 1.165) is 17.5 Å². The van der Waals surface area contributed by atoms with Gasteiger partial charge in [-0.15, -0.1) is 12.4 Å². The Morgan fingerprint density at radius 1 is 1.07 bits per heavy atom. The van der Waals surface area contributed by atoms with E-state index < -0.39 is 6.04 Å². The monoisotopic (exact) mass is 405 g/mol. The van der Waals surface area contributed by atoms with Crippen molar-refractivity contribution in [2.45, 2.75) is 39.4 Å². The molecule has 152 valence electrons. The lowest BCUT2D eigenvalue weighted by Gasteiger charge is -2.17. The van der Waals surface area contributed by atoms with E-state index in [2.05, 4.69) is 20.9 Å². The second-order valence-electron chi connectivity index (χ2n) is 6.49. The van der Waals surface area contributed by atoms with Crippen molar-refractivity contribution >= 4 is 30.0 Å². The van der Waals surface area contributed by atoms with E-state index in [-0.39, 0.29) is 30.3 Å². The molecule has 1 heterocycles. The molecule has 0 aliphatic carbocycles. The Bertz CT molecular complexity index is 757. The van der Waals surface area contributed by atoms with E-state index in [1.807, 2.05) is 44.2 Å². The number of carbonyl (C=O) groups excluding carboxylic acids is 2. The molecule has 0 aliphatic rings. The molecule has 2 rings (SSSR count). The number of aromatic nitrogens is 1. The first-order valence-corrected chi connectivity index (χ1v) is 9.05. The molecule has 0 saturated carbocycles. The van der Waals surface area contributed by atoms with Crippen molar-refractivity contribution in [3.05, 3.63) is 59.9 Å². The molecule has 28 heavy (non-hydrogen) atoms. The van der Waals surface area contributed by atoms with Crippen LogP contribution in [0.3, 0.4) is 0 Å². The van der Waals surface area contributed by atoms with Crippen LogP contribution in [-0.4, -0.2) is 23.0 Å². The SMILES string of the molecule is CCC(C)C(N)C(=O)NCc1cccc(NC(=O)NCc2ccncc2)c1.Cl. The zero-order valence-electron chi connectivity index (χ0n) is 16.1. The van der Waals surface area contributed by atoms with Gasteiger partial charge in [0.2, 0.25) is 5.91 Å². The van der Waals surface area contributed by atoms with Crippen molar-refractivity contribution in [2.24, 2.45) is 11.7 Å². The largest absolute Gasteiger partial charge is 0.351 e. The number of halogens is 1. The van der Waals surface area contributed by atoms with Crippen LogP contribution in [-0.2, 0) is 17.9 Å². The molecule has 2 aromatic rings. The van der Waals surface area contributed by atoms with Crippen LogP contribution in [0.4, 0.5) is 10.5 Å². The predicted molar refractivity (Wildman–Crippen MR) is 113 cm³/mol. The van der Waals surface area contributed by atoms with Crippen molar-refractivity contribution in [1.82, 2.24) is 15.6 Å². The fraction of sp³-hybridized carbons (Fsp3) is 0.350. The van der Waals surface area contributed by atoms with Crippen LogP contribution in [0.1, 0.15) is 31.4 Å². The van der Waals surface area contributed by atoms with Gasteiger partial charge in [-0.25, -0.2) is 4.79 Å². The first-order chi connectivity index (χ1) is 13.0. The predicted octanol–water partition coefficient (Wildman–Crippen LogP) is 2.81. The van der Waals surface area contributed by atoms with Gasteiger partial charge in [0.25, 0.3) is 0 Å². The quantitative estimate of drug-likeness (QED) is 0.541. The lowest BCUT2D eigenvalue weighted by atomic mass is 9.99. The van der Waals surface area contributed by atoms with Gasteiger partial charge in [-0.3, -0.25) is 9.78 Å². The molecule has 2 atom stereocenters. The van der Waals surface area contributed by atoms with Crippen molar-refractivity contribution in [3.8, 4) is 0 Å². The summed E-state index contributed by atoms with van der Waals surface area (Å²) in [6.07, 6.45) is 4.21. The Balaban J connectivity index is 0.00000392. The summed E-state index contributed by atoms with van der Waals surface area (Å²) in [7, 11) is 0. The summed E-state index contributed by atoms with van der Waals surface area (Å²) in [5.41, 5.74) is 8.43. The van der Waals surface area contributed by atoms with Crippen molar-refractivity contribution < 1.29 is 9.59 Å². The lowest BCUT2D eigenvalue weighted by Crippen LogP contribution is -2.44. The molecule has 1 aromatic heterocycles. The molecule has 0 fully saturated rings. The molecule has 0 bridgehead atoms. The standard InChI is InChI=1S/C20H27N5O2.ClH/c1-3-14(2)18(21)19(26)23-13-16-5-4-6-17(11-16)25-20(27)24-12-15-7-9-22-10-8-15;/h4-11,14,18H,3,12-13,21H2,1-2H3,(H,23,26)(H2,24,25,27);1H. The minimum Gasteiger partial charge on any atom is -0.351 e. The third-order valence-corrected chi connectivity index (χ3v) is 4.41. The molecule has 0 aliphatic heterocycles. The molecule has 0 spiro atoms. The maximum absolute atomic E-state index is 12.1. The number of hydrogen-bond acceptors (Lipinski definition) is 4. The summed E-state index contributed by atoms with van der Waals surface area (Å²) in [4.78, 5) is 28.1. The molecule has 8 heteroatoms. The van der Waals surface area contributed by atoms with Gasteiger partial charge in [0, 0.05) is 31.2 Å². The summed E-state index contributed by atoms with van der Waals surface area (Å²) >= 11 is 0. The Hall–Kier alpha value is -2.64. The fourth-order valence-electron chi connectivity index (χ4n) is 2.44. The third-order valence-electron chi connectivity index (χ3n) is 4.41. The van der Waals surface area contributed by atoms with E-state index in [9.17, 15) is 9.59 Å². The van der Waals surface area contributed by atoms with Crippen LogP contribution in [0.2, 0.25) is 0 Å². The Morgan fingerprint density at radius 3 is 2.43 bits per heavy atom. The van der Waals surface area contributed by atoms with Crippen molar-refractivity contribution in [3.63, 3.8) is 0 Å². The number of amides is 3. The average Bonchev–Trinajstić information content (AvgIpc) is 2.70. The van der Waals surface area contributed by atoms with Crippen LogP contribution in [0.15, 0.2) is 48.8 Å². The molecule has 2 unspecified atom stereocenters. The smallest absolute Gasteiger partial charge is 0.319 e. The van der Waals surface area contributed by atoms with Gasteiger partial charge in [-0.1, -0.05) is 32.4 Å². The fourth-order valence-corrected chi connectivity index (χ4v) is 2.44. The molecular formula is C20H28ClN5O2. The summed E-state index contributed by atoms with van der Waals surface area (Å²) in [6.45, 7) is 4.74. The number of anilines is 1. The zero-order valence-corrected chi connectivity index (χ0v) is 17.0. The molecule has 0 radical (unpaired) electrons. The average molecular weight is 406 g/mol. The minimum absolute atomic E-state index is 0. The second-order valence-corrected chi connectivity index (χ2v) is 6.49. The molecular weight excluding hydrogens is 378 g/mol. The molecule has 5 N–H and O–H groups in total. The zero-order chi connectivity index (χ0) is 19.6. The first-order valence-electron chi connectivity index (χ1n) is 9.05. The summed E-state index contributed by atoms with van der Waals surface area (Å²) in [5, 5.41) is 8.42. The van der Waals surface area contributed by atoms with Crippen LogP contribution in [0, 0.1) is 5.92 Å². The van der Waals surface area contributed by atoms with Gasteiger partial charge in [0.1, 0.15) is 0 Å². The van der Waals surface area contributed by atoms with E-state index in [4.69, 9.17) is 5.73 Å². The van der Waals surface area contributed by atoms with Crippen LogP contribution in [0.25, 0.3) is 0 Å². The maximum Gasteiger partial charge on any atom is 0.319 e. The Morgan fingerprint density at radius 2 is 1.75 bits per heavy atom. The number of urea groups is 1. The maximum atomic E-state index is 12.1. The number of nitrogens with zero attached hydrogens (tertiary/aromatic N) is 1. The highest BCUT2D eigenvalue weighted by Crippen LogP contribution is 2.11. The highest BCUT2D eigenvalue weighted by molar-refractivity contribution is 5.89. The Kier molecular flexibility index (Phi) is 9.98. The van der Waals surface area contributed by atoms with Crippen molar-refractivity contribution in [2.75, 3.05) is 5.32 Å². The van der Waals surface area contributed by atoms with Gasteiger partial charge < -0.3 is 21.7 Å². The van der Waals surface area contributed by atoms with Gasteiger partial charge in [-0.05, 0) is 41.3 Å². The number of nitrogens with one attached hydrogen (secondary N) is 3. The first kappa shape index (κ1) is 23.4. The van der Waals surface area contributed by atoms with E-state index in [0.29, 0.717) is 18.8 Å². The minimum atomic E-state index is -0.518. The van der Waals surface area contributed by atoms with Crippen molar-refractivity contribution in [1.29, 1.82) is 0 Å².